The first-order valence-electron chi connectivity index (χ1n) is 11.7. The number of methoxy groups -OCH3 is 2. The van der Waals surface area contributed by atoms with Crippen molar-refractivity contribution < 1.29 is 33.6 Å². The summed E-state index contributed by atoms with van der Waals surface area (Å²) in [6.45, 7) is 0.404. The molecule has 2 heterocycles. The molecule has 4 atom stereocenters. The van der Waals surface area contributed by atoms with Gasteiger partial charge in [0.15, 0.2) is 23.0 Å². The van der Waals surface area contributed by atoms with Crippen LogP contribution in [0.15, 0.2) is 48.5 Å². The van der Waals surface area contributed by atoms with Crippen molar-refractivity contribution in [3.63, 3.8) is 0 Å². The number of aromatic hydroxyl groups is 1. The van der Waals surface area contributed by atoms with Crippen molar-refractivity contribution >= 4 is 17.3 Å². The first kappa shape index (κ1) is 22.2. The number of fused-ring (bicyclic) bond motifs is 3. The molecule has 0 bridgehead atoms. The van der Waals surface area contributed by atoms with Crippen molar-refractivity contribution in [2.45, 2.75) is 12.0 Å². The van der Waals surface area contributed by atoms with Crippen LogP contribution in [0.3, 0.4) is 0 Å². The van der Waals surface area contributed by atoms with E-state index < -0.39 is 5.92 Å². The number of nitrogens with one attached hydrogen (secondary N) is 1. The zero-order chi connectivity index (χ0) is 25.0. The molecule has 1 unspecified atom stereocenters. The molecular formula is C27H26N2O7. The Bertz CT molecular complexity index is 1320. The number of cyclic esters (lactones) is 1. The third kappa shape index (κ3) is 3.42. The number of carbonyl (C=O) groups excluding carboxylic acids is 1. The maximum Gasteiger partial charge on any atom is 0.310 e. The minimum absolute atomic E-state index is 0.0982. The molecule has 4 N–H and O–H groups in total. The Balaban J connectivity index is 1.55. The van der Waals surface area contributed by atoms with Crippen LogP contribution in [0.1, 0.15) is 28.7 Å². The smallest absolute Gasteiger partial charge is 0.310 e. The van der Waals surface area contributed by atoms with Crippen LogP contribution in [0.25, 0.3) is 0 Å². The summed E-state index contributed by atoms with van der Waals surface area (Å²) >= 11 is 0. The molecule has 186 valence electrons. The average molecular weight is 491 g/mol. The zero-order valence-corrected chi connectivity index (χ0v) is 19.8. The molecule has 1 saturated heterocycles. The number of nitrogens with two attached hydrogens (primary N) is 1. The number of hydrogen-bond acceptors (Lipinski definition) is 9. The fraction of sp³-hybridized carbons (Fsp3) is 0.296. The fourth-order valence-electron chi connectivity index (χ4n) is 5.60. The van der Waals surface area contributed by atoms with Gasteiger partial charge in [0.05, 0.1) is 32.8 Å². The van der Waals surface area contributed by atoms with E-state index in [0.29, 0.717) is 17.2 Å². The van der Waals surface area contributed by atoms with Gasteiger partial charge in [0, 0.05) is 23.2 Å². The number of rotatable bonds is 5. The van der Waals surface area contributed by atoms with Gasteiger partial charge in [-0.2, -0.15) is 0 Å². The molecule has 1 fully saturated rings. The summed E-state index contributed by atoms with van der Waals surface area (Å²) in [6, 6.07) is 14.7. The molecule has 1 aliphatic carbocycles. The molecule has 0 aromatic heterocycles. The van der Waals surface area contributed by atoms with Crippen LogP contribution in [-0.4, -0.2) is 38.7 Å². The van der Waals surface area contributed by atoms with Crippen molar-refractivity contribution in [3.8, 4) is 28.7 Å². The van der Waals surface area contributed by atoms with Crippen molar-refractivity contribution in [2.24, 2.45) is 11.8 Å². The van der Waals surface area contributed by atoms with Gasteiger partial charge < -0.3 is 39.8 Å². The van der Waals surface area contributed by atoms with Crippen LogP contribution >= 0.6 is 0 Å². The Hall–Kier alpha value is -4.27. The monoisotopic (exact) mass is 490 g/mol. The highest BCUT2D eigenvalue weighted by Gasteiger charge is 2.52. The summed E-state index contributed by atoms with van der Waals surface area (Å²) < 4.78 is 27.9. The second-order valence-corrected chi connectivity index (χ2v) is 9.15. The van der Waals surface area contributed by atoms with Crippen molar-refractivity contribution in [1.29, 1.82) is 0 Å². The largest absolute Gasteiger partial charge is 0.502 e. The molecule has 3 aromatic carbocycles. The van der Waals surface area contributed by atoms with E-state index in [0.717, 1.165) is 22.4 Å². The maximum absolute atomic E-state index is 13.2. The summed E-state index contributed by atoms with van der Waals surface area (Å²) in [5, 5.41) is 14.1. The first-order chi connectivity index (χ1) is 17.5. The van der Waals surface area contributed by atoms with Crippen LogP contribution in [-0.2, 0) is 9.53 Å². The molecule has 0 radical (unpaired) electrons. The summed E-state index contributed by atoms with van der Waals surface area (Å²) in [7, 11) is 2.95. The van der Waals surface area contributed by atoms with Gasteiger partial charge in [-0.3, -0.25) is 4.79 Å². The van der Waals surface area contributed by atoms with Gasteiger partial charge in [0.1, 0.15) is 0 Å². The summed E-state index contributed by atoms with van der Waals surface area (Å²) in [6.07, 6.45) is 0. The maximum atomic E-state index is 13.2. The summed E-state index contributed by atoms with van der Waals surface area (Å²) in [5.74, 6) is 0.383. The Kier molecular flexibility index (Phi) is 5.21. The number of carbonyl (C=O) groups is 1. The van der Waals surface area contributed by atoms with Crippen molar-refractivity contribution in [1.82, 2.24) is 0 Å². The van der Waals surface area contributed by atoms with Gasteiger partial charge in [0.25, 0.3) is 0 Å². The quantitative estimate of drug-likeness (QED) is 0.362. The van der Waals surface area contributed by atoms with E-state index in [1.807, 2.05) is 36.4 Å². The van der Waals surface area contributed by atoms with Gasteiger partial charge in [-0.1, -0.05) is 0 Å². The second kappa shape index (κ2) is 8.44. The molecule has 0 spiro atoms. The number of phenols is 1. The molecule has 3 aromatic rings. The Morgan fingerprint density at radius 3 is 2.22 bits per heavy atom. The molecule has 6 rings (SSSR count). The molecule has 9 nitrogen and oxygen atoms in total. The lowest BCUT2D eigenvalue weighted by atomic mass is 9.65. The molecule has 36 heavy (non-hydrogen) atoms. The Morgan fingerprint density at radius 2 is 1.58 bits per heavy atom. The van der Waals surface area contributed by atoms with E-state index in [1.165, 1.54) is 14.2 Å². The number of nitrogen functional groups attached to an aromatic ring is 1. The number of hydrogen-bond donors (Lipinski definition) is 3. The van der Waals surface area contributed by atoms with Crippen molar-refractivity contribution in [2.75, 3.05) is 38.7 Å². The molecule has 0 saturated carbocycles. The van der Waals surface area contributed by atoms with Gasteiger partial charge >= 0.3 is 5.97 Å². The van der Waals surface area contributed by atoms with Crippen LogP contribution in [0.4, 0.5) is 11.4 Å². The minimum Gasteiger partial charge on any atom is -0.502 e. The number of ether oxygens (including phenoxy) is 5. The normalized spacial score (nSPS) is 23.4. The summed E-state index contributed by atoms with van der Waals surface area (Å²) in [5.41, 5.74) is 10.1. The molecule has 3 aliphatic rings. The van der Waals surface area contributed by atoms with E-state index in [2.05, 4.69) is 5.32 Å². The van der Waals surface area contributed by atoms with Crippen LogP contribution < -0.4 is 30.0 Å². The predicted molar refractivity (Wildman–Crippen MR) is 131 cm³/mol. The first-order valence-corrected chi connectivity index (χ1v) is 11.7. The Morgan fingerprint density at radius 1 is 0.944 bits per heavy atom. The van der Waals surface area contributed by atoms with Gasteiger partial charge in [-0.05, 0) is 65.2 Å². The van der Waals surface area contributed by atoms with E-state index >= 15 is 0 Å². The Labute approximate surface area is 207 Å². The highest BCUT2D eigenvalue weighted by Crippen LogP contribution is 2.56. The fourth-order valence-corrected chi connectivity index (χ4v) is 5.60. The number of esters is 1. The van der Waals surface area contributed by atoms with E-state index in [4.69, 9.17) is 29.4 Å². The lowest BCUT2D eigenvalue weighted by molar-refractivity contribution is -0.141. The van der Waals surface area contributed by atoms with Gasteiger partial charge in [-0.15, -0.1) is 0 Å². The molecular weight excluding hydrogens is 464 g/mol. The number of anilines is 2. The minimum atomic E-state index is -0.483. The standard InChI is InChI=1S/C27H26N2O7/c1-32-21-7-13(8-22(33-2)26(21)30)23-16-9-19-20(36-12-35-19)10-17(16)25(18-11-34-27(31)24(18)23)29-15-5-3-14(28)4-6-15/h3-10,18,23-25,29-30H,11-12,28H2,1-2H3/t18?,23-,24-,25+/m0/s1. The van der Waals surface area contributed by atoms with Crippen molar-refractivity contribution in [3.05, 3.63) is 65.2 Å². The van der Waals surface area contributed by atoms with E-state index in [-0.39, 0.29) is 54.5 Å². The van der Waals surface area contributed by atoms with Crippen LogP contribution in [0, 0.1) is 11.8 Å². The lowest BCUT2D eigenvalue weighted by Gasteiger charge is -2.40. The highest BCUT2D eigenvalue weighted by atomic mass is 16.7. The zero-order valence-electron chi connectivity index (χ0n) is 19.8. The van der Waals surface area contributed by atoms with Crippen LogP contribution in [0.5, 0.6) is 28.7 Å². The second-order valence-electron chi connectivity index (χ2n) is 9.15. The van der Waals surface area contributed by atoms with Crippen LogP contribution in [0.2, 0.25) is 0 Å². The summed E-state index contributed by atoms with van der Waals surface area (Å²) in [4.78, 5) is 13.2. The topological polar surface area (TPSA) is 122 Å². The molecule has 9 heteroatoms. The van der Waals surface area contributed by atoms with E-state index in [1.54, 1.807) is 12.1 Å². The third-order valence-corrected chi connectivity index (χ3v) is 7.28. The molecule has 0 amide bonds. The predicted octanol–water partition coefficient (Wildman–Crippen LogP) is 3.81. The highest BCUT2D eigenvalue weighted by molar-refractivity contribution is 5.79. The van der Waals surface area contributed by atoms with Gasteiger partial charge in [-0.25, -0.2) is 0 Å². The number of phenolic OH excluding ortho intramolecular Hbond substituents is 1. The van der Waals surface area contributed by atoms with E-state index in [9.17, 15) is 9.90 Å². The lowest BCUT2D eigenvalue weighted by Crippen LogP contribution is -2.37. The number of benzene rings is 3. The SMILES string of the molecule is COc1cc([C@H]2c3cc4c(cc3[C@@H](Nc3ccc(N)cc3)C3COC(=O)[C@@H]32)OCO4)cc(OC)c1O. The van der Waals surface area contributed by atoms with Gasteiger partial charge in [0.2, 0.25) is 12.5 Å². The third-order valence-electron chi connectivity index (χ3n) is 7.28. The molecule has 2 aliphatic heterocycles. The average Bonchev–Trinajstić information content (AvgIpc) is 3.51.